The molecule has 4 fully saturated rings. The van der Waals surface area contributed by atoms with Gasteiger partial charge >= 0.3 is 0 Å². The number of morpholine rings is 4. The fourth-order valence-corrected chi connectivity index (χ4v) is 16.5. The molecule has 2 unspecified atom stereocenters. The highest BCUT2D eigenvalue weighted by Crippen LogP contribution is 2.41. The number of ketones is 2. The molecule has 0 spiro atoms. The normalized spacial score (nSPS) is 14.1. The van der Waals surface area contributed by atoms with Gasteiger partial charge in [0.1, 0.15) is 66.1 Å². The van der Waals surface area contributed by atoms with E-state index in [-0.39, 0.29) is 65.8 Å². The second kappa shape index (κ2) is 43.2. The number of nitriles is 3. The Kier molecular flexibility index (Phi) is 29.8. The Morgan fingerprint density at radius 3 is 0.993 bits per heavy atom. The van der Waals surface area contributed by atoms with Crippen LogP contribution in [-0.2, 0) is 18.9 Å². The van der Waals surface area contributed by atoms with Crippen molar-refractivity contribution in [3.05, 3.63) is 333 Å². The van der Waals surface area contributed by atoms with E-state index in [0.717, 1.165) is 118 Å². The van der Waals surface area contributed by atoms with Crippen LogP contribution in [0.2, 0.25) is 10.0 Å². The summed E-state index contributed by atoms with van der Waals surface area (Å²) in [5.41, 5.74) is 8.01. The summed E-state index contributed by atoms with van der Waals surface area (Å²) in [6, 6.07) is 44.1. The van der Waals surface area contributed by atoms with Gasteiger partial charge in [-0.3, -0.25) is 29.5 Å². The fourth-order valence-electron chi connectivity index (χ4n) is 16.1. The number of aromatic nitrogens is 12. The van der Waals surface area contributed by atoms with Gasteiger partial charge in [0.2, 0.25) is 0 Å². The molecule has 0 radical (unpaired) electrons. The van der Waals surface area contributed by atoms with E-state index in [2.05, 4.69) is 85.5 Å². The summed E-state index contributed by atoms with van der Waals surface area (Å²) in [7, 11) is 0. The maximum absolute atomic E-state index is 15.0. The molecule has 0 saturated carbocycles. The predicted molar refractivity (Wildman–Crippen MR) is 492 cm³/mol. The quantitative estimate of drug-likeness (QED) is 0.0641. The second-order valence-electron chi connectivity index (χ2n) is 31.0. The van der Waals surface area contributed by atoms with Crippen molar-refractivity contribution in [2.24, 2.45) is 0 Å². The molecule has 37 heteroatoms. The van der Waals surface area contributed by atoms with E-state index < -0.39 is 92.7 Å². The first-order chi connectivity index (χ1) is 66.6. The van der Waals surface area contributed by atoms with E-state index in [1.54, 1.807) is 18.2 Å². The van der Waals surface area contributed by atoms with Crippen molar-refractivity contribution < 1.29 is 72.4 Å². The Labute approximate surface area is 784 Å². The zero-order valence-electron chi connectivity index (χ0n) is 72.2. The van der Waals surface area contributed by atoms with Gasteiger partial charge < -0.3 is 38.5 Å². The van der Waals surface area contributed by atoms with Crippen LogP contribution in [0.15, 0.2) is 220 Å². The Bertz CT molecular complexity index is 7370. The van der Waals surface area contributed by atoms with E-state index in [1.165, 1.54) is 105 Å². The smallest absolute Gasteiger partial charge is 0.199 e. The third kappa shape index (κ3) is 20.9. The lowest BCUT2D eigenvalue weighted by Crippen LogP contribution is -2.36. The monoisotopic (exact) mass is 1900 g/mol. The van der Waals surface area contributed by atoms with Crippen molar-refractivity contribution in [3.8, 4) is 63.2 Å². The van der Waals surface area contributed by atoms with E-state index >= 15 is 4.39 Å². The lowest BCUT2D eigenvalue weighted by Gasteiger charge is -2.29. The number of carbonyl (C=O) groups is 2. The van der Waals surface area contributed by atoms with Gasteiger partial charge in [0.15, 0.2) is 34.8 Å². The third-order valence-electron chi connectivity index (χ3n) is 22.9. The van der Waals surface area contributed by atoms with Crippen molar-refractivity contribution in [2.45, 2.75) is 18.8 Å². The molecule has 0 aliphatic carbocycles. The van der Waals surface area contributed by atoms with Gasteiger partial charge in [-0.1, -0.05) is 35.3 Å². The summed E-state index contributed by atoms with van der Waals surface area (Å²) in [4.78, 5) is 83.4. The number of hydrogen-bond acceptors (Lipinski definition) is 25. The number of hydrogen-bond donors (Lipinski definition) is 0. The topological polar surface area (TPSA) is 310 Å². The number of halogens is 12. The number of rotatable bonds is 16. The van der Waals surface area contributed by atoms with E-state index in [4.69, 9.17) is 47.4 Å². The summed E-state index contributed by atoms with van der Waals surface area (Å²) in [6.07, 6.45) is 13.0. The van der Waals surface area contributed by atoms with Crippen molar-refractivity contribution >= 4 is 101 Å². The Morgan fingerprint density at radius 2 is 0.635 bits per heavy atom. The molecule has 8 aromatic carbocycles. The Balaban J connectivity index is 0.000000131. The fraction of sp³-hybridized carbons (Fsp3) is 0.190. The molecule has 4 saturated heterocycles. The lowest BCUT2D eigenvalue weighted by molar-refractivity contribution is 0.102. The first-order valence-electron chi connectivity index (χ1n) is 42.4. The maximum atomic E-state index is 15.0. The van der Waals surface area contributed by atoms with Crippen LogP contribution in [-0.4, -0.2) is 177 Å². The minimum absolute atomic E-state index is 0.0299. The van der Waals surface area contributed by atoms with Gasteiger partial charge in [0, 0.05) is 160 Å². The van der Waals surface area contributed by atoms with Crippen LogP contribution in [0, 0.1) is 92.2 Å². The number of benzene rings is 8. The molecule has 25 nitrogen and oxygen atoms in total. The van der Waals surface area contributed by atoms with E-state index in [0.29, 0.717) is 119 Å². The Hall–Kier alpha value is -15.6. The summed E-state index contributed by atoms with van der Waals surface area (Å²) < 4.78 is 166. The van der Waals surface area contributed by atoms with Gasteiger partial charge in [0.25, 0.3) is 0 Å². The highest BCUT2D eigenvalue weighted by Gasteiger charge is 2.30. The first kappa shape index (κ1) is 94.6. The molecule has 0 amide bonds. The molecule has 16 aromatic rings. The third-order valence-corrected chi connectivity index (χ3v) is 23.7. The molecule has 137 heavy (non-hydrogen) atoms. The number of ether oxygens (including phenoxy) is 4. The molecule has 688 valence electrons. The molecule has 20 rings (SSSR count). The van der Waals surface area contributed by atoms with E-state index in [1.807, 2.05) is 72.8 Å². The summed E-state index contributed by atoms with van der Waals surface area (Å²) >= 11 is 12.0. The van der Waals surface area contributed by atoms with Crippen molar-refractivity contribution in [3.63, 3.8) is 0 Å². The molecule has 0 N–H and O–H groups in total. The van der Waals surface area contributed by atoms with Crippen molar-refractivity contribution in [1.29, 1.82) is 15.8 Å². The van der Waals surface area contributed by atoms with Gasteiger partial charge in [-0.15, -0.1) is 0 Å². The maximum Gasteiger partial charge on any atom is 0.199 e. The predicted octanol–water partition coefficient (Wildman–Crippen LogP) is 19.1. The van der Waals surface area contributed by atoms with Gasteiger partial charge in [-0.05, 0) is 145 Å². The Morgan fingerprint density at radius 1 is 0.336 bits per heavy atom. The molecular formula is C100H73Cl2F10N19O6. The second-order valence-corrected chi connectivity index (χ2v) is 31.7. The molecule has 0 bridgehead atoms. The highest BCUT2D eigenvalue weighted by atomic mass is 35.5. The molecule has 8 aromatic heterocycles. The van der Waals surface area contributed by atoms with Gasteiger partial charge in [-0.25, -0.2) is 83.8 Å². The standard InChI is InChI=1S/C25H18ClF2N5O.C25H18F3N5O.C24H17ClF2N4O2.C24H17F3N4O2.C2H3N/c26-24-20(12-30-13-22(24)28)19(11-29)15-1-4-21(27)18(9-15)25-17-3-2-16(10-23(17)31-14-32-25)33-5-7-34-8-6-33;26-20-4-1-15(19(11-29)24-21(27)12-30-13-22(24)28)9-18(20)25-17-3-2-16(10-23(17)31-14-32-25)33-5-7-34-8-6-33;25-22-18(11-28-12-20(22)27)24(32)14-1-4-19(26)17(9-14)23-16-3-2-15(10-21(16)29-13-30-23)31-5-7-33-8-6-31;25-18-4-1-14(24(32)22-19(26)11-28-12-20(22)27)9-17(18)23-16-3-2-15(10-21(16)29-13-30-23)31-5-7-33-8-6-31;1-2-3/h2*1-4,9-10,12-14,19H,5-8H2;2*1-4,9-13H,5-8H2;1H3. The SMILES string of the molecule is CC#N.N#CC(c1ccc(F)c(-c2ncnc3cc(N4CCOCC4)ccc23)c1)c1c(F)cncc1F.N#CC(c1ccc(F)c(-c2ncnc3cc(N4CCOCC4)ccc23)c1)c1cncc(F)c1Cl.O=C(c1ccc(F)c(-c2ncnc3cc(N4CCOCC4)ccc23)c1)c1c(F)cncc1F.O=C(c1ccc(F)c(-c2ncnc3cc(N4CCOCC4)ccc23)c1)c1cncc(F)c1Cl. The van der Waals surface area contributed by atoms with Gasteiger partial charge in [-0.2, -0.15) is 15.8 Å². The average Bonchev–Trinajstić information content (AvgIpc) is 0.783. The number of carbonyl (C=O) groups excluding carboxylic acids is 2. The van der Waals surface area contributed by atoms with Crippen LogP contribution < -0.4 is 19.6 Å². The summed E-state index contributed by atoms with van der Waals surface area (Å²) in [5.74, 6) is -11.5. The van der Waals surface area contributed by atoms with Crippen LogP contribution in [0.25, 0.3) is 88.6 Å². The number of anilines is 4. The zero-order chi connectivity index (χ0) is 95.9. The molecule has 2 atom stereocenters. The first-order valence-corrected chi connectivity index (χ1v) is 43.2. The minimum atomic E-state index is -1.29. The molecule has 4 aliphatic rings. The highest BCUT2D eigenvalue weighted by molar-refractivity contribution is 6.35. The van der Waals surface area contributed by atoms with Gasteiger partial charge in [0.05, 0.1) is 180 Å². The van der Waals surface area contributed by atoms with Crippen LogP contribution in [0.4, 0.5) is 66.7 Å². The molecular weight excluding hydrogens is 1820 g/mol. The zero-order valence-corrected chi connectivity index (χ0v) is 73.7. The van der Waals surface area contributed by atoms with Crippen LogP contribution in [0.3, 0.4) is 0 Å². The number of fused-ring (bicyclic) bond motifs is 4. The number of nitrogens with zero attached hydrogens (tertiary/aromatic N) is 19. The molecule has 12 heterocycles. The van der Waals surface area contributed by atoms with Crippen LogP contribution in [0.1, 0.15) is 72.9 Å². The largest absolute Gasteiger partial charge is 0.378 e. The van der Waals surface area contributed by atoms with Crippen LogP contribution >= 0.6 is 23.2 Å². The summed E-state index contributed by atoms with van der Waals surface area (Å²) in [5, 5.41) is 28.8. The van der Waals surface area contributed by atoms with Crippen LogP contribution in [0.5, 0.6) is 0 Å². The van der Waals surface area contributed by atoms with E-state index in [9.17, 15) is 59.6 Å². The summed E-state index contributed by atoms with van der Waals surface area (Å²) in [6.45, 7) is 12.8. The minimum Gasteiger partial charge on any atom is -0.378 e. The van der Waals surface area contributed by atoms with Crippen molar-refractivity contribution in [1.82, 2.24) is 59.8 Å². The molecule has 4 aliphatic heterocycles. The number of pyridine rings is 4. The lowest BCUT2D eigenvalue weighted by atomic mass is 9.90. The van der Waals surface area contributed by atoms with Crippen molar-refractivity contribution in [2.75, 3.05) is 125 Å². The average molecular weight is 1900 g/mol.